The van der Waals surface area contributed by atoms with E-state index in [4.69, 9.17) is 10.00 Å². The first-order valence-electron chi connectivity index (χ1n) is 7.71. The smallest absolute Gasteiger partial charge is 0.419 e. The van der Waals surface area contributed by atoms with Gasteiger partial charge in [0, 0.05) is 13.1 Å². The van der Waals surface area contributed by atoms with Gasteiger partial charge in [-0.25, -0.2) is 9.78 Å². The van der Waals surface area contributed by atoms with Crippen LogP contribution in [-0.2, 0) is 10.9 Å². The number of carbonyl (C=O) groups excluding carboxylic acids is 1. The van der Waals surface area contributed by atoms with Crippen LogP contribution in [0.15, 0.2) is 12.3 Å². The van der Waals surface area contributed by atoms with E-state index in [2.05, 4.69) is 10.3 Å². The molecule has 1 aromatic heterocycles. The van der Waals surface area contributed by atoms with Gasteiger partial charge in [0.05, 0.1) is 23.5 Å². The molecule has 1 fully saturated rings. The van der Waals surface area contributed by atoms with E-state index in [1.54, 1.807) is 25.7 Å². The minimum atomic E-state index is -4.65. The molecule has 0 spiro atoms. The van der Waals surface area contributed by atoms with Crippen molar-refractivity contribution in [1.29, 1.82) is 5.26 Å². The first kappa shape index (κ1) is 18.8. The molecule has 1 atom stereocenters. The van der Waals surface area contributed by atoms with Crippen LogP contribution in [0.3, 0.4) is 0 Å². The number of pyridine rings is 1. The molecule has 0 radical (unpaired) electrons. The van der Waals surface area contributed by atoms with Gasteiger partial charge >= 0.3 is 12.3 Å². The maximum Gasteiger partial charge on any atom is 0.419 e. The molecule has 1 aliphatic heterocycles. The molecular formula is C16H19F3N4O2. The molecule has 1 saturated heterocycles. The van der Waals surface area contributed by atoms with Gasteiger partial charge in [-0.05, 0) is 33.3 Å². The number of aromatic nitrogens is 1. The highest BCUT2D eigenvalue weighted by molar-refractivity contribution is 5.68. The Kier molecular flexibility index (Phi) is 5.11. The molecule has 136 valence electrons. The maximum atomic E-state index is 13.0. The summed E-state index contributed by atoms with van der Waals surface area (Å²) in [5, 5.41) is 11.5. The van der Waals surface area contributed by atoms with Crippen LogP contribution in [0.4, 0.5) is 23.7 Å². The van der Waals surface area contributed by atoms with Crippen molar-refractivity contribution in [2.75, 3.05) is 18.0 Å². The van der Waals surface area contributed by atoms with Gasteiger partial charge in [-0.1, -0.05) is 0 Å². The van der Waals surface area contributed by atoms with Crippen molar-refractivity contribution >= 4 is 11.8 Å². The van der Waals surface area contributed by atoms with Gasteiger partial charge in [0.1, 0.15) is 11.7 Å². The molecule has 0 unspecified atom stereocenters. The number of nitrogens with one attached hydrogen (secondary N) is 1. The highest BCUT2D eigenvalue weighted by Gasteiger charge is 2.36. The fourth-order valence-corrected chi connectivity index (χ4v) is 2.52. The third-order valence-corrected chi connectivity index (χ3v) is 3.56. The van der Waals surface area contributed by atoms with Crippen molar-refractivity contribution in [3.8, 4) is 6.07 Å². The third kappa shape index (κ3) is 4.98. The number of hydrogen-bond donors (Lipinski definition) is 1. The van der Waals surface area contributed by atoms with E-state index in [0.717, 1.165) is 6.07 Å². The minimum absolute atomic E-state index is 0.236. The number of rotatable bonds is 2. The zero-order chi connectivity index (χ0) is 18.8. The number of nitriles is 1. The lowest BCUT2D eigenvalue weighted by Crippen LogP contribution is -2.40. The van der Waals surface area contributed by atoms with Crippen molar-refractivity contribution in [3.63, 3.8) is 0 Å². The van der Waals surface area contributed by atoms with Crippen molar-refractivity contribution < 1.29 is 22.7 Å². The van der Waals surface area contributed by atoms with E-state index in [1.165, 1.54) is 12.3 Å². The van der Waals surface area contributed by atoms with E-state index in [0.29, 0.717) is 19.5 Å². The summed E-state index contributed by atoms with van der Waals surface area (Å²) in [7, 11) is 0. The molecule has 0 saturated carbocycles. The van der Waals surface area contributed by atoms with Crippen LogP contribution < -0.4 is 10.2 Å². The fourth-order valence-electron chi connectivity index (χ4n) is 2.52. The van der Waals surface area contributed by atoms with Crippen LogP contribution in [0, 0.1) is 11.3 Å². The van der Waals surface area contributed by atoms with E-state index < -0.39 is 29.1 Å². The standard InChI is InChI=1S/C16H19F3N4O2/c1-15(2,3)25-14(24)22-10-4-5-23(9-10)11-6-12(16(17,18)19)13(7-20)21-8-11/h6,8,10H,4-5,9H2,1-3H3,(H,22,24)/t10-/m1/s1. The molecule has 0 bridgehead atoms. The zero-order valence-electron chi connectivity index (χ0n) is 14.1. The number of ether oxygens (including phenoxy) is 1. The second-order valence-corrected chi connectivity index (χ2v) is 6.78. The van der Waals surface area contributed by atoms with E-state index in [-0.39, 0.29) is 11.7 Å². The monoisotopic (exact) mass is 356 g/mol. The molecule has 2 rings (SSSR count). The summed E-state index contributed by atoms with van der Waals surface area (Å²) in [5.74, 6) is 0. The second-order valence-electron chi connectivity index (χ2n) is 6.78. The van der Waals surface area contributed by atoms with Gasteiger partial charge in [0.2, 0.25) is 0 Å². The molecule has 1 N–H and O–H groups in total. The van der Waals surface area contributed by atoms with Gasteiger partial charge in [-0.15, -0.1) is 0 Å². The van der Waals surface area contributed by atoms with Crippen molar-refractivity contribution in [3.05, 3.63) is 23.5 Å². The third-order valence-electron chi connectivity index (χ3n) is 3.56. The Labute approximate surface area is 143 Å². The van der Waals surface area contributed by atoms with Gasteiger partial charge in [0.25, 0.3) is 0 Å². The summed E-state index contributed by atoms with van der Waals surface area (Å²) in [6.45, 7) is 6.04. The molecule has 9 heteroatoms. The summed E-state index contributed by atoms with van der Waals surface area (Å²) in [5.41, 5.74) is -2.07. The van der Waals surface area contributed by atoms with Crippen molar-refractivity contribution in [2.24, 2.45) is 0 Å². The molecule has 1 amide bonds. The quantitative estimate of drug-likeness (QED) is 0.881. The van der Waals surface area contributed by atoms with E-state index in [1.807, 2.05) is 0 Å². The Morgan fingerprint density at radius 1 is 1.44 bits per heavy atom. The fraction of sp³-hybridized carbons (Fsp3) is 0.562. The van der Waals surface area contributed by atoms with Crippen LogP contribution in [0.2, 0.25) is 0 Å². The first-order valence-corrected chi connectivity index (χ1v) is 7.71. The number of alkyl halides is 3. The van der Waals surface area contributed by atoms with E-state index >= 15 is 0 Å². The highest BCUT2D eigenvalue weighted by Crippen LogP contribution is 2.34. The van der Waals surface area contributed by atoms with Gasteiger partial charge in [0.15, 0.2) is 5.69 Å². The van der Waals surface area contributed by atoms with Gasteiger partial charge < -0.3 is 15.0 Å². The number of carbonyl (C=O) groups is 1. The van der Waals surface area contributed by atoms with Crippen molar-refractivity contribution in [1.82, 2.24) is 10.3 Å². The average Bonchev–Trinajstić information content (AvgIpc) is 2.92. The predicted molar refractivity (Wildman–Crippen MR) is 83.9 cm³/mol. The Morgan fingerprint density at radius 2 is 2.12 bits per heavy atom. The Bertz CT molecular complexity index is 692. The lowest BCUT2D eigenvalue weighted by Gasteiger charge is -2.22. The van der Waals surface area contributed by atoms with Crippen LogP contribution in [0.5, 0.6) is 0 Å². The SMILES string of the molecule is CC(C)(C)OC(=O)N[C@@H]1CCN(c2cnc(C#N)c(C(F)(F)F)c2)C1. The maximum absolute atomic E-state index is 13.0. The second kappa shape index (κ2) is 6.78. The number of nitrogens with zero attached hydrogens (tertiary/aromatic N) is 3. The lowest BCUT2D eigenvalue weighted by atomic mass is 10.1. The number of hydrogen-bond acceptors (Lipinski definition) is 5. The van der Waals surface area contributed by atoms with Gasteiger partial charge in [-0.2, -0.15) is 18.4 Å². The Balaban J connectivity index is 2.07. The first-order chi connectivity index (χ1) is 11.5. The van der Waals surface area contributed by atoms with Crippen LogP contribution in [-0.4, -0.2) is 35.8 Å². The Morgan fingerprint density at radius 3 is 2.68 bits per heavy atom. The molecule has 6 nitrogen and oxygen atoms in total. The molecule has 0 aliphatic carbocycles. The molecule has 0 aromatic carbocycles. The van der Waals surface area contributed by atoms with Crippen LogP contribution >= 0.6 is 0 Å². The molecule has 1 aliphatic rings. The van der Waals surface area contributed by atoms with Crippen LogP contribution in [0.1, 0.15) is 38.4 Å². The molecular weight excluding hydrogens is 337 g/mol. The topological polar surface area (TPSA) is 78.2 Å². The number of alkyl carbamates (subject to hydrolysis) is 1. The van der Waals surface area contributed by atoms with E-state index in [9.17, 15) is 18.0 Å². The van der Waals surface area contributed by atoms with Crippen molar-refractivity contribution in [2.45, 2.75) is 45.0 Å². The summed E-state index contributed by atoms with van der Waals surface area (Å²) in [6, 6.07) is 2.14. The zero-order valence-corrected chi connectivity index (χ0v) is 14.1. The highest BCUT2D eigenvalue weighted by atomic mass is 19.4. The molecule has 1 aromatic rings. The molecule has 25 heavy (non-hydrogen) atoms. The van der Waals surface area contributed by atoms with Crippen LogP contribution in [0.25, 0.3) is 0 Å². The normalized spacial score (nSPS) is 18.0. The average molecular weight is 356 g/mol. The summed E-state index contributed by atoms with van der Waals surface area (Å²) in [6.07, 6.45) is -3.40. The Hall–Kier alpha value is -2.50. The summed E-state index contributed by atoms with van der Waals surface area (Å²) in [4.78, 5) is 17.1. The van der Waals surface area contributed by atoms with Gasteiger partial charge in [-0.3, -0.25) is 0 Å². The lowest BCUT2D eigenvalue weighted by molar-refractivity contribution is -0.138. The summed E-state index contributed by atoms with van der Waals surface area (Å²) < 4.78 is 44.2. The predicted octanol–water partition coefficient (Wildman–Crippen LogP) is 3.08. The number of amides is 1. The molecule has 2 heterocycles. The number of halogens is 3. The largest absolute Gasteiger partial charge is 0.444 e. The minimum Gasteiger partial charge on any atom is -0.444 e. The summed E-state index contributed by atoms with van der Waals surface area (Å²) >= 11 is 0. The number of anilines is 1.